The van der Waals surface area contributed by atoms with Crippen molar-refractivity contribution >= 4 is 16.7 Å². The number of rotatable bonds is 4. The maximum atomic E-state index is 9.90. The van der Waals surface area contributed by atoms with Crippen LogP contribution in [0.1, 0.15) is 19.4 Å². The number of aliphatic hydroxyl groups is 1. The number of likely N-dealkylation sites (N-methyl/N-ethyl adjacent to an activating group) is 1. The molecule has 4 nitrogen and oxygen atoms in total. The van der Waals surface area contributed by atoms with Crippen LogP contribution in [0.3, 0.4) is 0 Å². The van der Waals surface area contributed by atoms with Crippen molar-refractivity contribution in [2.45, 2.75) is 26.0 Å². The van der Waals surface area contributed by atoms with E-state index in [0.29, 0.717) is 13.1 Å². The zero-order chi connectivity index (χ0) is 14.0. The van der Waals surface area contributed by atoms with Crippen molar-refractivity contribution in [3.8, 4) is 0 Å². The SMILES string of the molecule is CN(CC(C)(C)O)c1cc(CN)c2ccccc2n1. The molecule has 0 saturated carbocycles. The molecule has 19 heavy (non-hydrogen) atoms. The summed E-state index contributed by atoms with van der Waals surface area (Å²) in [6.07, 6.45) is 0. The number of fused-ring (bicyclic) bond motifs is 1. The van der Waals surface area contributed by atoms with E-state index in [1.54, 1.807) is 13.8 Å². The fourth-order valence-electron chi connectivity index (χ4n) is 2.26. The topological polar surface area (TPSA) is 62.4 Å². The van der Waals surface area contributed by atoms with E-state index >= 15 is 0 Å². The maximum Gasteiger partial charge on any atom is 0.129 e. The molecular weight excluding hydrogens is 238 g/mol. The van der Waals surface area contributed by atoms with Crippen molar-refractivity contribution in [3.63, 3.8) is 0 Å². The molecular formula is C15H21N3O. The summed E-state index contributed by atoms with van der Waals surface area (Å²) in [5, 5.41) is 11.0. The van der Waals surface area contributed by atoms with Gasteiger partial charge in [0.25, 0.3) is 0 Å². The van der Waals surface area contributed by atoms with Gasteiger partial charge in [0.15, 0.2) is 0 Å². The Hall–Kier alpha value is -1.65. The Morgan fingerprint density at radius 1 is 1.32 bits per heavy atom. The average molecular weight is 259 g/mol. The lowest BCUT2D eigenvalue weighted by Gasteiger charge is -2.27. The summed E-state index contributed by atoms with van der Waals surface area (Å²) in [7, 11) is 1.93. The predicted octanol–water partition coefficient (Wildman–Crippen LogP) is 1.90. The van der Waals surface area contributed by atoms with Gasteiger partial charge in [-0.05, 0) is 31.5 Å². The van der Waals surface area contributed by atoms with E-state index in [9.17, 15) is 5.11 Å². The zero-order valence-electron chi connectivity index (χ0n) is 11.7. The zero-order valence-corrected chi connectivity index (χ0v) is 11.7. The first-order valence-electron chi connectivity index (χ1n) is 6.43. The summed E-state index contributed by atoms with van der Waals surface area (Å²) in [6, 6.07) is 9.97. The molecule has 0 atom stereocenters. The quantitative estimate of drug-likeness (QED) is 0.880. The van der Waals surface area contributed by atoms with Crippen molar-refractivity contribution in [3.05, 3.63) is 35.9 Å². The molecule has 0 bridgehead atoms. The van der Waals surface area contributed by atoms with Gasteiger partial charge in [-0.1, -0.05) is 18.2 Å². The van der Waals surface area contributed by atoms with Crippen LogP contribution >= 0.6 is 0 Å². The van der Waals surface area contributed by atoms with Crippen LogP contribution in [0.4, 0.5) is 5.82 Å². The number of hydrogen-bond donors (Lipinski definition) is 2. The second kappa shape index (κ2) is 5.15. The van der Waals surface area contributed by atoms with Crippen molar-refractivity contribution in [2.75, 3.05) is 18.5 Å². The summed E-state index contributed by atoms with van der Waals surface area (Å²) in [5.74, 6) is 0.835. The van der Waals surface area contributed by atoms with Crippen LogP contribution in [0.2, 0.25) is 0 Å². The summed E-state index contributed by atoms with van der Waals surface area (Å²) in [6.45, 7) is 4.57. The smallest absolute Gasteiger partial charge is 0.129 e. The van der Waals surface area contributed by atoms with Crippen LogP contribution in [-0.4, -0.2) is 29.3 Å². The molecule has 2 rings (SSSR count). The average Bonchev–Trinajstić information content (AvgIpc) is 2.35. The van der Waals surface area contributed by atoms with Crippen molar-refractivity contribution in [1.29, 1.82) is 0 Å². The standard InChI is InChI=1S/C15H21N3O/c1-15(2,19)10-18(3)14-8-11(9-16)12-6-4-5-7-13(12)17-14/h4-8,19H,9-10,16H2,1-3H3. The van der Waals surface area contributed by atoms with Crippen LogP contribution < -0.4 is 10.6 Å². The third kappa shape index (κ3) is 3.22. The Bertz CT molecular complexity index is 575. The van der Waals surface area contributed by atoms with E-state index in [1.807, 2.05) is 42.3 Å². The molecule has 0 amide bonds. The molecule has 1 heterocycles. The molecule has 0 fully saturated rings. The van der Waals surface area contributed by atoms with Gasteiger partial charge in [0.2, 0.25) is 0 Å². The molecule has 3 N–H and O–H groups in total. The second-order valence-electron chi connectivity index (χ2n) is 5.53. The minimum Gasteiger partial charge on any atom is -0.389 e. The normalized spacial score (nSPS) is 11.8. The van der Waals surface area contributed by atoms with Crippen LogP contribution in [-0.2, 0) is 6.54 Å². The fraction of sp³-hybridized carbons (Fsp3) is 0.400. The summed E-state index contributed by atoms with van der Waals surface area (Å²) >= 11 is 0. The number of anilines is 1. The number of pyridine rings is 1. The monoisotopic (exact) mass is 259 g/mol. The first-order chi connectivity index (χ1) is 8.90. The number of aromatic nitrogens is 1. The van der Waals surface area contributed by atoms with E-state index in [-0.39, 0.29) is 0 Å². The van der Waals surface area contributed by atoms with Crippen LogP contribution in [0.5, 0.6) is 0 Å². The van der Waals surface area contributed by atoms with Gasteiger partial charge in [-0.3, -0.25) is 0 Å². The van der Waals surface area contributed by atoms with Gasteiger partial charge in [0.1, 0.15) is 5.82 Å². The molecule has 0 radical (unpaired) electrons. The summed E-state index contributed by atoms with van der Waals surface area (Å²) in [4.78, 5) is 6.58. The van der Waals surface area contributed by atoms with E-state index in [1.165, 1.54) is 0 Å². The lowest BCUT2D eigenvalue weighted by molar-refractivity contribution is 0.0884. The molecule has 0 aliphatic rings. The lowest BCUT2D eigenvalue weighted by Crippen LogP contribution is -2.36. The van der Waals surface area contributed by atoms with E-state index in [2.05, 4.69) is 4.98 Å². The Morgan fingerprint density at radius 3 is 2.63 bits per heavy atom. The first-order valence-corrected chi connectivity index (χ1v) is 6.43. The second-order valence-corrected chi connectivity index (χ2v) is 5.53. The number of nitrogens with zero attached hydrogens (tertiary/aromatic N) is 2. The molecule has 0 aliphatic carbocycles. The highest BCUT2D eigenvalue weighted by Gasteiger charge is 2.17. The summed E-state index contributed by atoms with van der Waals surface area (Å²) < 4.78 is 0. The molecule has 1 aromatic heterocycles. The molecule has 1 aromatic carbocycles. The van der Waals surface area contributed by atoms with Crippen molar-refractivity contribution in [1.82, 2.24) is 4.98 Å². The fourth-order valence-corrected chi connectivity index (χ4v) is 2.26. The van der Waals surface area contributed by atoms with Gasteiger partial charge in [-0.15, -0.1) is 0 Å². The summed E-state index contributed by atoms with van der Waals surface area (Å²) in [5.41, 5.74) is 7.06. The van der Waals surface area contributed by atoms with Gasteiger partial charge in [-0.25, -0.2) is 4.98 Å². The third-order valence-electron chi connectivity index (χ3n) is 3.02. The van der Waals surface area contributed by atoms with Crippen LogP contribution in [0, 0.1) is 0 Å². The van der Waals surface area contributed by atoms with Crippen molar-refractivity contribution in [2.24, 2.45) is 5.73 Å². The molecule has 4 heteroatoms. The number of para-hydroxylation sites is 1. The van der Waals surface area contributed by atoms with Crippen LogP contribution in [0.25, 0.3) is 10.9 Å². The minimum absolute atomic E-state index is 0.479. The van der Waals surface area contributed by atoms with E-state index in [4.69, 9.17) is 5.73 Å². The highest BCUT2D eigenvalue weighted by molar-refractivity contribution is 5.84. The van der Waals surface area contributed by atoms with Gasteiger partial charge in [-0.2, -0.15) is 0 Å². The molecule has 2 aromatic rings. The Labute approximate surface area is 113 Å². The predicted molar refractivity (Wildman–Crippen MR) is 79.2 cm³/mol. The Kier molecular flexibility index (Phi) is 3.73. The molecule has 0 spiro atoms. The van der Waals surface area contributed by atoms with Crippen LogP contribution in [0.15, 0.2) is 30.3 Å². The number of hydrogen-bond acceptors (Lipinski definition) is 4. The lowest BCUT2D eigenvalue weighted by atomic mass is 10.1. The number of nitrogens with two attached hydrogens (primary N) is 1. The molecule has 0 saturated heterocycles. The van der Waals surface area contributed by atoms with E-state index in [0.717, 1.165) is 22.3 Å². The third-order valence-corrected chi connectivity index (χ3v) is 3.02. The Balaban J connectivity index is 2.44. The highest BCUT2D eigenvalue weighted by atomic mass is 16.3. The van der Waals surface area contributed by atoms with Gasteiger partial charge >= 0.3 is 0 Å². The van der Waals surface area contributed by atoms with Gasteiger partial charge in [0.05, 0.1) is 11.1 Å². The Morgan fingerprint density at radius 2 is 2.00 bits per heavy atom. The highest BCUT2D eigenvalue weighted by Crippen LogP contribution is 2.23. The van der Waals surface area contributed by atoms with Gasteiger partial charge < -0.3 is 15.7 Å². The maximum absolute atomic E-state index is 9.90. The number of benzene rings is 1. The van der Waals surface area contributed by atoms with Gasteiger partial charge in [0, 0.05) is 25.5 Å². The van der Waals surface area contributed by atoms with E-state index < -0.39 is 5.60 Å². The minimum atomic E-state index is -0.759. The first kappa shape index (κ1) is 13.8. The largest absolute Gasteiger partial charge is 0.389 e. The molecule has 0 aliphatic heterocycles. The van der Waals surface area contributed by atoms with Crippen molar-refractivity contribution < 1.29 is 5.11 Å². The molecule has 102 valence electrons. The molecule has 0 unspecified atom stereocenters.